The van der Waals surface area contributed by atoms with Gasteiger partial charge in [-0.1, -0.05) is 54.8 Å². The molecule has 1 heterocycles. The van der Waals surface area contributed by atoms with E-state index >= 15 is 0 Å². The van der Waals surface area contributed by atoms with Crippen molar-refractivity contribution in [2.24, 2.45) is 16.5 Å². The molecule has 1 amide bonds. The van der Waals surface area contributed by atoms with E-state index in [1.807, 2.05) is 43.3 Å². The molecule has 1 aliphatic carbocycles. The first-order chi connectivity index (χ1) is 17.0. The van der Waals surface area contributed by atoms with Crippen LogP contribution in [0.25, 0.3) is 10.9 Å². The van der Waals surface area contributed by atoms with Crippen LogP contribution < -0.4 is 22.1 Å². The number of anilines is 1. The maximum absolute atomic E-state index is 12.9. The van der Waals surface area contributed by atoms with Gasteiger partial charge in [-0.25, -0.2) is 15.0 Å². The van der Waals surface area contributed by atoms with Gasteiger partial charge in [-0.2, -0.15) is 11.8 Å². The first-order valence-corrected chi connectivity index (χ1v) is 13.2. The first kappa shape index (κ1) is 24.8. The number of rotatable bonds is 9. The van der Waals surface area contributed by atoms with Crippen LogP contribution >= 0.6 is 11.8 Å². The molecule has 2 unspecified atom stereocenters. The van der Waals surface area contributed by atoms with Crippen molar-refractivity contribution < 1.29 is 4.79 Å². The van der Waals surface area contributed by atoms with Crippen molar-refractivity contribution in [3.63, 3.8) is 0 Å². The number of aliphatic imine (C=N–C) groups is 1. The van der Waals surface area contributed by atoms with E-state index in [1.165, 1.54) is 5.56 Å². The average Bonchev–Trinajstić information content (AvgIpc) is 2.85. The van der Waals surface area contributed by atoms with Crippen LogP contribution in [0.2, 0.25) is 0 Å². The number of benzene rings is 2. The minimum absolute atomic E-state index is 0.0255. The second-order valence-corrected chi connectivity index (χ2v) is 9.97. The summed E-state index contributed by atoms with van der Waals surface area (Å²) in [6, 6.07) is 16.3. The topological polar surface area (TPSA) is 131 Å². The van der Waals surface area contributed by atoms with Crippen LogP contribution in [0.5, 0.6) is 0 Å². The molecule has 3 aromatic rings. The predicted octanol–water partition coefficient (Wildman–Crippen LogP) is 3.60. The van der Waals surface area contributed by atoms with E-state index in [4.69, 9.17) is 11.5 Å². The molecule has 1 aliphatic rings. The van der Waals surface area contributed by atoms with Gasteiger partial charge in [0.05, 0.1) is 17.6 Å². The third-order valence-corrected chi connectivity index (χ3v) is 7.09. The Balaban J connectivity index is 1.47. The lowest BCUT2D eigenvalue weighted by Crippen LogP contribution is -2.38. The van der Waals surface area contributed by atoms with Crippen molar-refractivity contribution in [1.29, 1.82) is 0 Å². The van der Waals surface area contributed by atoms with E-state index < -0.39 is 0 Å². The molecule has 1 fully saturated rings. The summed E-state index contributed by atoms with van der Waals surface area (Å²) in [6.45, 7) is 2.57. The third kappa shape index (κ3) is 6.85. The Labute approximate surface area is 210 Å². The van der Waals surface area contributed by atoms with Gasteiger partial charge in [0.25, 0.3) is 5.91 Å². The standard InChI is InChI=1S/C26H33N7OS/c1-17-11-12-20-19(15-17)23(31-21-9-5-6-10-22(21)32-26(27)28)33-24(30-20)25(34)29-13-14-35-16-18-7-3-2-4-8-18/h2-4,7-8,11-12,15,21-22H,5-6,9-10,13-14,16H2,1H3,(H,29,34)(H4,27,28,32)(H,30,31,33). The fourth-order valence-electron chi connectivity index (χ4n) is 4.34. The van der Waals surface area contributed by atoms with Gasteiger partial charge in [-0.05, 0) is 37.5 Å². The molecule has 0 aliphatic heterocycles. The SMILES string of the molecule is Cc1ccc2nc(C(=O)NCCSCc3ccccc3)nc(NC3CCCCC3N=C(N)N)c2c1. The van der Waals surface area contributed by atoms with E-state index in [9.17, 15) is 4.79 Å². The first-order valence-electron chi connectivity index (χ1n) is 12.0. The van der Waals surface area contributed by atoms with Gasteiger partial charge in [-0.15, -0.1) is 0 Å². The lowest BCUT2D eigenvalue weighted by atomic mass is 9.90. The molecule has 4 rings (SSSR count). The molecule has 184 valence electrons. The average molecular weight is 492 g/mol. The predicted molar refractivity (Wildman–Crippen MR) is 145 cm³/mol. The molecule has 9 heteroatoms. The molecule has 35 heavy (non-hydrogen) atoms. The summed E-state index contributed by atoms with van der Waals surface area (Å²) < 4.78 is 0. The molecule has 6 N–H and O–H groups in total. The van der Waals surface area contributed by atoms with Gasteiger partial charge >= 0.3 is 0 Å². The Morgan fingerprint density at radius 3 is 2.71 bits per heavy atom. The van der Waals surface area contributed by atoms with Crippen LogP contribution in [0.1, 0.15) is 47.4 Å². The number of nitrogens with zero attached hydrogens (tertiary/aromatic N) is 3. The number of thioether (sulfide) groups is 1. The summed E-state index contributed by atoms with van der Waals surface area (Å²) >= 11 is 1.78. The zero-order chi connectivity index (χ0) is 24.6. The lowest BCUT2D eigenvalue weighted by Gasteiger charge is -2.30. The highest BCUT2D eigenvalue weighted by Gasteiger charge is 2.26. The zero-order valence-corrected chi connectivity index (χ0v) is 20.9. The second-order valence-electron chi connectivity index (χ2n) is 8.87. The number of aryl methyl sites for hydroxylation is 1. The number of hydrogen-bond acceptors (Lipinski definition) is 6. The van der Waals surface area contributed by atoms with Crippen LogP contribution in [0.4, 0.5) is 5.82 Å². The van der Waals surface area contributed by atoms with Crippen molar-refractivity contribution in [2.75, 3.05) is 17.6 Å². The number of carbonyl (C=O) groups is 1. The number of carbonyl (C=O) groups excluding carboxylic acids is 1. The Bertz CT molecular complexity index is 1180. The number of nitrogens with one attached hydrogen (secondary N) is 2. The molecule has 2 aromatic carbocycles. The van der Waals surface area contributed by atoms with Gasteiger partial charge in [-0.3, -0.25) is 4.79 Å². The zero-order valence-electron chi connectivity index (χ0n) is 20.0. The fraction of sp³-hybridized carbons (Fsp3) is 0.385. The summed E-state index contributed by atoms with van der Waals surface area (Å²) in [6.07, 6.45) is 4.01. The van der Waals surface area contributed by atoms with Crippen LogP contribution in [0, 0.1) is 6.92 Å². The summed E-state index contributed by atoms with van der Waals surface area (Å²) in [7, 11) is 0. The van der Waals surface area contributed by atoms with Crippen LogP contribution in [0.3, 0.4) is 0 Å². The number of hydrogen-bond donors (Lipinski definition) is 4. The van der Waals surface area contributed by atoms with E-state index in [0.717, 1.165) is 53.7 Å². The van der Waals surface area contributed by atoms with Gasteiger partial charge < -0.3 is 22.1 Å². The van der Waals surface area contributed by atoms with Crippen LogP contribution in [-0.2, 0) is 5.75 Å². The number of guanidine groups is 1. The van der Waals surface area contributed by atoms with Crippen molar-refractivity contribution in [3.05, 3.63) is 65.5 Å². The number of nitrogens with two attached hydrogens (primary N) is 2. The largest absolute Gasteiger partial charge is 0.370 e. The normalized spacial score (nSPS) is 17.6. The maximum atomic E-state index is 12.9. The van der Waals surface area contributed by atoms with E-state index in [2.05, 4.69) is 37.7 Å². The Kier molecular flexibility index (Phi) is 8.41. The molecule has 8 nitrogen and oxygen atoms in total. The number of fused-ring (bicyclic) bond motifs is 1. The Morgan fingerprint density at radius 2 is 1.91 bits per heavy atom. The van der Waals surface area contributed by atoms with Gasteiger partial charge in [0, 0.05) is 23.4 Å². The van der Waals surface area contributed by atoms with Gasteiger partial charge in [0.15, 0.2) is 5.96 Å². The summed E-state index contributed by atoms with van der Waals surface area (Å²) in [5, 5.41) is 7.39. The Morgan fingerprint density at radius 1 is 1.11 bits per heavy atom. The second kappa shape index (κ2) is 11.9. The van der Waals surface area contributed by atoms with Crippen molar-refractivity contribution in [2.45, 2.75) is 50.4 Å². The van der Waals surface area contributed by atoms with E-state index in [-0.39, 0.29) is 29.8 Å². The van der Waals surface area contributed by atoms with E-state index in [1.54, 1.807) is 11.8 Å². The van der Waals surface area contributed by atoms with Crippen molar-refractivity contribution in [3.8, 4) is 0 Å². The van der Waals surface area contributed by atoms with Crippen LogP contribution in [-0.4, -0.2) is 46.2 Å². The molecular formula is C26H33N7OS. The molecule has 2 atom stereocenters. The summed E-state index contributed by atoms with van der Waals surface area (Å²) in [5.41, 5.74) is 14.4. The smallest absolute Gasteiger partial charge is 0.289 e. The molecule has 0 radical (unpaired) electrons. The van der Waals surface area contributed by atoms with Crippen molar-refractivity contribution in [1.82, 2.24) is 15.3 Å². The highest BCUT2D eigenvalue weighted by molar-refractivity contribution is 7.98. The lowest BCUT2D eigenvalue weighted by molar-refractivity contribution is 0.0946. The Hall–Kier alpha value is -3.33. The van der Waals surface area contributed by atoms with Crippen LogP contribution in [0.15, 0.2) is 53.5 Å². The van der Waals surface area contributed by atoms with Gasteiger partial charge in [0.2, 0.25) is 5.82 Å². The van der Waals surface area contributed by atoms with Gasteiger partial charge in [0.1, 0.15) is 5.82 Å². The number of amides is 1. The molecule has 0 bridgehead atoms. The molecule has 0 saturated heterocycles. The highest BCUT2D eigenvalue weighted by Crippen LogP contribution is 2.28. The monoisotopic (exact) mass is 491 g/mol. The summed E-state index contributed by atoms with van der Waals surface area (Å²) in [4.78, 5) is 26.5. The number of aromatic nitrogens is 2. The minimum atomic E-state index is -0.278. The van der Waals surface area contributed by atoms with Crippen molar-refractivity contribution >= 4 is 40.3 Å². The molecule has 0 spiro atoms. The van der Waals surface area contributed by atoms with E-state index in [0.29, 0.717) is 12.4 Å². The molecular weight excluding hydrogens is 458 g/mol. The highest BCUT2D eigenvalue weighted by atomic mass is 32.2. The fourth-order valence-corrected chi connectivity index (χ4v) is 5.15. The summed E-state index contributed by atoms with van der Waals surface area (Å²) in [5.74, 6) is 2.34. The molecule has 1 aromatic heterocycles. The minimum Gasteiger partial charge on any atom is -0.370 e. The quantitative estimate of drug-likeness (QED) is 0.204. The third-order valence-electron chi connectivity index (χ3n) is 6.06. The molecule has 1 saturated carbocycles. The maximum Gasteiger partial charge on any atom is 0.289 e.